The maximum Gasteiger partial charge on any atom is 0.150 e. The Hall–Kier alpha value is -1.22. The van der Waals surface area contributed by atoms with Crippen molar-refractivity contribution in [3.8, 4) is 5.75 Å². The number of aldehydes is 1. The van der Waals surface area contributed by atoms with E-state index in [0.29, 0.717) is 26.4 Å². The number of rotatable bonds is 4. The van der Waals surface area contributed by atoms with Crippen LogP contribution < -0.4 is 4.74 Å². The van der Waals surface area contributed by atoms with Crippen LogP contribution >= 0.6 is 34.8 Å². The molecule has 2 nitrogen and oxygen atoms in total. The zero-order valence-electron chi connectivity index (χ0n) is 9.70. The highest BCUT2D eigenvalue weighted by Gasteiger charge is 2.06. The molecule has 0 aliphatic heterocycles. The molecule has 0 radical (unpaired) electrons. The van der Waals surface area contributed by atoms with Crippen molar-refractivity contribution in [1.82, 2.24) is 0 Å². The first-order valence-electron chi connectivity index (χ1n) is 5.41. The Morgan fingerprint density at radius 3 is 2.47 bits per heavy atom. The minimum atomic E-state index is 0.250. The molecule has 0 heterocycles. The molecule has 2 aromatic rings. The highest BCUT2D eigenvalue weighted by atomic mass is 35.5. The summed E-state index contributed by atoms with van der Waals surface area (Å²) >= 11 is 17.9. The minimum Gasteiger partial charge on any atom is -0.487 e. The first-order chi connectivity index (χ1) is 9.10. The molecule has 98 valence electrons. The fourth-order valence-corrected chi connectivity index (χ4v) is 2.13. The van der Waals surface area contributed by atoms with Gasteiger partial charge < -0.3 is 4.74 Å². The smallest absolute Gasteiger partial charge is 0.150 e. The van der Waals surface area contributed by atoms with E-state index >= 15 is 0 Å². The van der Waals surface area contributed by atoms with Crippen molar-refractivity contribution in [2.75, 3.05) is 0 Å². The maximum atomic E-state index is 10.6. The summed E-state index contributed by atoms with van der Waals surface area (Å²) in [5.41, 5.74) is 1.27. The van der Waals surface area contributed by atoms with Crippen LogP contribution in [-0.4, -0.2) is 6.29 Å². The van der Waals surface area contributed by atoms with Gasteiger partial charge in [-0.2, -0.15) is 0 Å². The van der Waals surface area contributed by atoms with Crippen molar-refractivity contribution in [2.45, 2.75) is 6.61 Å². The lowest BCUT2D eigenvalue weighted by Gasteiger charge is -2.10. The molecule has 0 saturated heterocycles. The lowest BCUT2D eigenvalue weighted by atomic mass is 10.2. The number of hydrogen-bond donors (Lipinski definition) is 0. The molecule has 2 aromatic carbocycles. The number of benzene rings is 2. The second kappa shape index (κ2) is 6.29. The van der Waals surface area contributed by atoms with E-state index in [1.54, 1.807) is 36.4 Å². The van der Waals surface area contributed by atoms with Gasteiger partial charge in [0.2, 0.25) is 0 Å². The van der Waals surface area contributed by atoms with Gasteiger partial charge in [0.05, 0.1) is 5.02 Å². The molecular formula is C14H9Cl3O2. The van der Waals surface area contributed by atoms with Gasteiger partial charge >= 0.3 is 0 Å². The third-order valence-corrected chi connectivity index (χ3v) is 3.38. The number of carbonyl (C=O) groups is 1. The second-order valence-corrected chi connectivity index (χ2v) is 5.08. The third kappa shape index (κ3) is 3.63. The topological polar surface area (TPSA) is 26.3 Å². The summed E-state index contributed by atoms with van der Waals surface area (Å²) in [6.45, 7) is 0.250. The average Bonchev–Trinajstić information content (AvgIpc) is 2.40. The summed E-state index contributed by atoms with van der Waals surface area (Å²) in [5.74, 6) is 0.489. The second-order valence-electron chi connectivity index (χ2n) is 3.83. The fraction of sp³-hybridized carbons (Fsp3) is 0.0714. The van der Waals surface area contributed by atoms with Gasteiger partial charge in [-0.3, -0.25) is 4.79 Å². The van der Waals surface area contributed by atoms with E-state index in [0.717, 1.165) is 11.8 Å². The number of ether oxygens (including phenoxy) is 1. The molecule has 0 fully saturated rings. The molecule has 0 unspecified atom stereocenters. The first-order valence-corrected chi connectivity index (χ1v) is 6.55. The molecule has 0 aliphatic rings. The van der Waals surface area contributed by atoms with Crippen LogP contribution in [0.2, 0.25) is 15.1 Å². The number of carbonyl (C=O) groups excluding carboxylic acids is 1. The SMILES string of the molecule is O=Cc1ccc(OCc2cc(Cl)ccc2Cl)c(Cl)c1. The van der Waals surface area contributed by atoms with E-state index in [9.17, 15) is 4.79 Å². The van der Waals surface area contributed by atoms with Crippen LogP contribution in [0.4, 0.5) is 0 Å². The van der Waals surface area contributed by atoms with Crippen molar-refractivity contribution >= 4 is 41.1 Å². The van der Waals surface area contributed by atoms with Gasteiger partial charge in [0.1, 0.15) is 18.6 Å². The van der Waals surface area contributed by atoms with Gasteiger partial charge in [-0.05, 0) is 36.4 Å². The molecule has 5 heteroatoms. The highest BCUT2D eigenvalue weighted by molar-refractivity contribution is 6.33. The van der Waals surface area contributed by atoms with Gasteiger partial charge in [-0.25, -0.2) is 0 Å². The summed E-state index contributed by atoms with van der Waals surface area (Å²) < 4.78 is 5.57. The Balaban J connectivity index is 2.14. The van der Waals surface area contributed by atoms with E-state index in [-0.39, 0.29) is 6.61 Å². The van der Waals surface area contributed by atoms with E-state index in [1.165, 1.54) is 0 Å². The Morgan fingerprint density at radius 1 is 1.00 bits per heavy atom. The summed E-state index contributed by atoms with van der Waals surface area (Å²) in [6, 6.07) is 9.97. The molecule has 0 bridgehead atoms. The Kier molecular flexibility index (Phi) is 4.70. The standard InChI is InChI=1S/C14H9Cl3O2/c15-11-2-3-12(16)10(6-11)8-19-14-4-1-9(7-18)5-13(14)17/h1-7H,8H2. The molecule has 0 atom stereocenters. The quantitative estimate of drug-likeness (QED) is 0.739. The third-order valence-electron chi connectivity index (χ3n) is 2.48. The fourth-order valence-electron chi connectivity index (χ4n) is 1.52. The largest absolute Gasteiger partial charge is 0.487 e. The Morgan fingerprint density at radius 2 is 1.79 bits per heavy atom. The summed E-state index contributed by atoms with van der Waals surface area (Å²) in [7, 11) is 0. The zero-order valence-corrected chi connectivity index (χ0v) is 12.0. The average molecular weight is 316 g/mol. The number of halogens is 3. The highest BCUT2D eigenvalue weighted by Crippen LogP contribution is 2.27. The van der Waals surface area contributed by atoms with E-state index in [2.05, 4.69) is 0 Å². The van der Waals surface area contributed by atoms with Gasteiger partial charge in [0, 0.05) is 21.2 Å². The Labute approximate surface area is 125 Å². The van der Waals surface area contributed by atoms with Crippen molar-refractivity contribution in [2.24, 2.45) is 0 Å². The van der Waals surface area contributed by atoms with Crippen LogP contribution in [0.3, 0.4) is 0 Å². The maximum absolute atomic E-state index is 10.6. The predicted octanol–water partition coefficient (Wildman–Crippen LogP) is 5.04. The summed E-state index contributed by atoms with van der Waals surface area (Å²) in [6.07, 6.45) is 0.726. The predicted molar refractivity (Wildman–Crippen MR) is 77.6 cm³/mol. The van der Waals surface area contributed by atoms with Crippen molar-refractivity contribution in [3.05, 3.63) is 62.6 Å². The van der Waals surface area contributed by atoms with Crippen LogP contribution in [0.1, 0.15) is 15.9 Å². The van der Waals surface area contributed by atoms with Crippen molar-refractivity contribution in [3.63, 3.8) is 0 Å². The van der Waals surface area contributed by atoms with E-state index < -0.39 is 0 Å². The summed E-state index contributed by atoms with van der Waals surface area (Å²) in [5, 5.41) is 1.54. The van der Waals surface area contributed by atoms with Crippen molar-refractivity contribution in [1.29, 1.82) is 0 Å². The molecule has 19 heavy (non-hydrogen) atoms. The molecule has 0 amide bonds. The normalized spacial score (nSPS) is 10.3. The van der Waals surface area contributed by atoms with Gasteiger partial charge in [0.25, 0.3) is 0 Å². The van der Waals surface area contributed by atoms with Crippen LogP contribution in [-0.2, 0) is 6.61 Å². The Bertz CT molecular complexity index is 612. The molecular weight excluding hydrogens is 307 g/mol. The summed E-state index contributed by atoms with van der Waals surface area (Å²) in [4.78, 5) is 10.6. The van der Waals surface area contributed by atoms with Gasteiger partial charge in [-0.15, -0.1) is 0 Å². The van der Waals surface area contributed by atoms with E-state index in [1.807, 2.05) is 0 Å². The van der Waals surface area contributed by atoms with Crippen LogP contribution in [0.5, 0.6) is 5.75 Å². The van der Waals surface area contributed by atoms with Crippen LogP contribution in [0, 0.1) is 0 Å². The first kappa shape index (κ1) is 14.2. The lowest BCUT2D eigenvalue weighted by Crippen LogP contribution is -1.97. The van der Waals surface area contributed by atoms with Crippen LogP contribution in [0.25, 0.3) is 0 Å². The molecule has 0 aromatic heterocycles. The van der Waals surface area contributed by atoms with E-state index in [4.69, 9.17) is 39.5 Å². The van der Waals surface area contributed by atoms with Crippen molar-refractivity contribution < 1.29 is 9.53 Å². The monoisotopic (exact) mass is 314 g/mol. The number of hydrogen-bond acceptors (Lipinski definition) is 2. The molecule has 0 saturated carbocycles. The van der Waals surface area contributed by atoms with Gasteiger partial charge in [0.15, 0.2) is 0 Å². The minimum absolute atomic E-state index is 0.250. The lowest BCUT2D eigenvalue weighted by molar-refractivity contribution is 0.112. The molecule has 0 aliphatic carbocycles. The molecule has 0 N–H and O–H groups in total. The van der Waals surface area contributed by atoms with Gasteiger partial charge in [-0.1, -0.05) is 34.8 Å². The molecule has 2 rings (SSSR count). The van der Waals surface area contributed by atoms with Crippen LogP contribution in [0.15, 0.2) is 36.4 Å². The zero-order chi connectivity index (χ0) is 13.8. The molecule has 0 spiro atoms.